The highest BCUT2D eigenvalue weighted by Gasteiger charge is 2.22. The van der Waals surface area contributed by atoms with Crippen LogP contribution < -0.4 is 4.74 Å². The standard InChI is InChI=1S/C20H21NO5/c1-23-11-5-8-17(22)20-19(16-9-10-21-12-18(16)26-20)25-14-24-13-15-6-3-2-4-7-15/h2-4,6-7,9-10,12H,5,8,11,13-14H2,1H3. The predicted octanol–water partition coefficient (Wildman–Crippen LogP) is 3.99. The molecular weight excluding hydrogens is 334 g/mol. The molecule has 0 radical (unpaired) electrons. The topological polar surface area (TPSA) is 70.8 Å². The molecule has 6 nitrogen and oxygen atoms in total. The molecule has 2 heterocycles. The van der Waals surface area contributed by atoms with Gasteiger partial charge in [-0.15, -0.1) is 0 Å². The molecule has 0 aliphatic rings. The number of hydrogen-bond donors (Lipinski definition) is 0. The first kappa shape index (κ1) is 18.1. The van der Waals surface area contributed by atoms with Gasteiger partial charge in [0.05, 0.1) is 18.2 Å². The largest absolute Gasteiger partial charge is 0.463 e. The second-order valence-corrected chi connectivity index (χ2v) is 5.75. The Labute approximate surface area is 151 Å². The van der Waals surface area contributed by atoms with Gasteiger partial charge in [0.15, 0.2) is 18.1 Å². The summed E-state index contributed by atoms with van der Waals surface area (Å²) in [5, 5.41) is 0.707. The molecule has 0 fully saturated rings. The molecule has 0 aliphatic carbocycles. The van der Waals surface area contributed by atoms with Crippen LogP contribution in [0.2, 0.25) is 0 Å². The van der Waals surface area contributed by atoms with E-state index in [1.165, 1.54) is 0 Å². The van der Waals surface area contributed by atoms with Crippen LogP contribution in [-0.4, -0.2) is 31.3 Å². The maximum Gasteiger partial charge on any atom is 0.213 e. The Hall–Kier alpha value is -2.70. The maximum atomic E-state index is 12.5. The summed E-state index contributed by atoms with van der Waals surface area (Å²) in [5.74, 6) is 0.474. The monoisotopic (exact) mass is 355 g/mol. The fourth-order valence-electron chi connectivity index (χ4n) is 2.58. The number of hydrogen-bond acceptors (Lipinski definition) is 6. The van der Waals surface area contributed by atoms with Crippen molar-refractivity contribution in [3.8, 4) is 5.75 Å². The van der Waals surface area contributed by atoms with Crippen LogP contribution in [0.1, 0.15) is 29.0 Å². The first-order valence-electron chi connectivity index (χ1n) is 8.42. The molecule has 1 aromatic carbocycles. The highest BCUT2D eigenvalue weighted by atomic mass is 16.7. The van der Waals surface area contributed by atoms with E-state index in [2.05, 4.69) is 4.98 Å². The Kier molecular flexibility index (Phi) is 6.35. The van der Waals surface area contributed by atoms with Crippen molar-refractivity contribution in [3.05, 3.63) is 60.1 Å². The number of Topliss-reactive ketones (excluding diaryl/α,β-unsaturated/α-hetero) is 1. The Bertz CT molecular complexity index is 844. The molecule has 0 amide bonds. The molecule has 0 aliphatic heterocycles. The van der Waals surface area contributed by atoms with Gasteiger partial charge in [-0.2, -0.15) is 0 Å². The molecule has 0 saturated heterocycles. The number of nitrogens with zero attached hydrogens (tertiary/aromatic N) is 1. The Morgan fingerprint density at radius 1 is 1.19 bits per heavy atom. The molecule has 3 aromatic rings. The Balaban J connectivity index is 1.68. The SMILES string of the molecule is COCCCC(=O)c1oc2cnccc2c1OCOCc1ccccc1. The number of ketones is 1. The lowest BCUT2D eigenvalue weighted by atomic mass is 10.1. The quantitative estimate of drug-likeness (QED) is 0.311. The predicted molar refractivity (Wildman–Crippen MR) is 96.2 cm³/mol. The molecule has 6 heteroatoms. The minimum atomic E-state index is -0.128. The molecule has 136 valence electrons. The van der Waals surface area contributed by atoms with Gasteiger partial charge in [0, 0.05) is 26.3 Å². The maximum absolute atomic E-state index is 12.5. The molecule has 2 aromatic heterocycles. The minimum absolute atomic E-state index is 0.0181. The summed E-state index contributed by atoms with van der Waals surface area (Å²) in [5.41, 5.74) is 1.56. The van der Waals surface area contributed by atoms with E-state index in [0.717, 1.165) is 5.56 Å². The number of benzene rings is 1. The van der Waals surface area contributed by atoms with Gasteiger partial charge < -0.3 is 18.6 Å². The first-order valence-corrected chi connectivity index (χ1v) is 8.42. The number of furan rings is 1. The van der Waals surface area contributed by atoms with E-state index in [1.54, 1.807) is 25.6 Å². The Morgan fingerprint density at radius 2 is 2.04 bits per heavy atom. The summed E-state index contributed by atoms with van der Waals surface area (Å²) in [7, 11) is 1.61. The van der Waals surface area contributed by atoms with Crippen LogP contribution in [0.15, 0.2) is 53.2 Å². The van der Waals surface area contributed by atoms with Crippen molar-refractivity contribution < 1.29 is 23.4 Å². The Morgan fingerprint density at radius 3 is 2.85 bits per heavy atom. The second-order valence-electron chi connectivity index (χ2n) is 5.75. The van der Waals surface area contributed by atoms with Gasteiger partial charge in [0.2, 0.25) is 11.5 Å². The minimum Gasteiger partial charge on any atom is -0.463 e. The van der Waals surface area contributed by atoms with E-state index in [-0.39, 0.29) is 18.3 Å². The number of methoxy groups -OCH3 is 1. The van der Waals surface area contributed by atoms with Crippen molar-refractivity contribution in [1.29, 1.82) is 0 Å². The third-order valence-electron chi connectivity index (χ3n) is 3.85. The van der Waals surface area contributed by atoms with Crippen LogP contribution in [-0.2, 0) is 16.1 Å². The molecule has 26 heavy (non-hydrogen) atoms. The summed E-state index contributed by atoms with van der Waals surface area (Å²) in [6, 6.07) is 11.6. The van der Waals surface area contributed by atoms with Gasteiger partial charge in [0.1, 0.15) is 0 Å². The summed E-state index contributed by atoms with van der Waals surface area (Å²) in [4.78, 5) is 16.5. The van der Waals surface area contributed by atoms with Gasteiger partial charge in [-0.1, -0.05) is 30.3 Å². The van der Waals surface area contributed by atoms with Crippen LogP contribution in [0.4, 0.5) is 0 Å². The zero-order chi connectivity index (χ0) is 18.2. The van der Waals surface area contributed by atoms with Gasteiger partial charge in [-0.3, -0.25) is 9.78 Å². The smallest absolute Gasteiger partial charge is 0.213 e. The van der Waals surface area contributed by atoms with E-state index in [9.17, 15) is 4.79 Å². The van der Waals surface area contributed by atoms with Gasteiger partial charge >= 0.3 is 0 Å². The number of fused-ring (bicyclic) bond motifs is 1. The zero-order valence-corrected chi connectivity index (χ0v) is 14.6. The highest BCUT2D eigenvalue weighted by Crippen LogP contribution is 2.33. The fourth-order valence-corrected chi connectivity index (χ4v) is 2.58. The molecule has 0 saturated carbocycles. The first-order chi connectivity index (χ1) is 12.8. The van der Waals surface area contributed by atoms with Gasteiger partial charge in [0.25, 0.3) is 0 Å². The highest BCUT2D eigenvalue weighted by molar-refractivity contribution is 6.02. The van der Waals surface area contributed by atoms with E-state index < -0.39 is 0 Å². The average molecular weight is 355 g/mol. The summed E-state index contributed by atoms with van der Waals surface area (Å²) in [6.07, 6.45) is 4.14. The van der Waals surface area contributed by atoms with Crippen LogP contribution >= 0.6 is 0 Å². The van der Waals surface area contributed by atoms with Crippen LogP contribution in [0.25, 0.3) is 11.0 Å². The molecule has 0 unspecified atom stereocenters. The van der Waals surface area contributed by atoms with E-state index in [1.807, 2.05) is 30.3 Å². The lowest BCUT2D eigenvalue weighted by molar-refractivity contribution is 0.00489. The van der Waals surface area contributed by atoms with Crippen LogP contribution in [0.5, 0.6) is 5.75 Å². The van der Waals surface area contributed by atoms with E-state index in [0.29, 0.717) is 42.8 Å². The molecule has 3 rings (SSSR count). The number of aromatic nitrogens is 1. The van der Waals surface area contributed by atoms with Crippen molar-refractivity contribution in [3.63, 3.8) is 0 Å². The third-order valence-corrected chi connectivity index (χ3v) is 3.85. The average Bonchev–Trinajstić information content (AvgIpc) is 3.05. The van der Waals surface area contributed by atoms with Crippen molar-refractivity contribution in [2.24, 2.45) is 0 Å². The zero-order valence-electron chi connectivity index (χ0n) is 14.6. The fraction of sp³-hybridized carbons (Fsp3) is 0.300. The van der Waals surface area contributed by atoms with E-state index >= 15 is 0 Å². The number of rotatable bonds is 10. The second kappa shape index (κ2) is 9.12. The number of pyridine rings is 1. The summed E-state index contributed by atoms with van der Waals surface area (Å²) >= 11 is 0. The van der Waals surface area contributed by atoms with Gasteiger partial charge in [-0.05, 0) is 18.1 Å². The summed E-state index contributed by atoms with van der Waals surface area (Å²) < 4.78 is 22.0. The normalized spacial score (nSPS) is 11.0. The molecule has 0 bridgehead atoms. The third kappa shape index (κ3) is 4.47. The molecule has 0 N–H and O–H groups in total. The lowest BCUT2D eigenvalue weighted by Crippen LogP contribution is -2.07. The molecule has 0 atom stereocenters. The van der Waals surface area contributed by atoms with Crippen molar-refractivity contribution in [2.75, 3.05) is 20.5 Å². The van der Waals surface area contributed by atoms with Crippen molar-refractivity contribution in [1.82, 2.24) is 4.98 Å². The number of carbonyl (C=O) groups is 1. The van der Waals surface area contributed by atoms with Crippen LogP contribution in [0.3, 0.4) is 0 Å². The lowest BCUT2D eigenvalue weighted by Gasteiger charge is -2.08. The number of ether oxygens (including phenoxy) is 3. The van der Waals surface area contributed by atoms with Crippen molar-refractivity contribution in [2.45, 2.75) is 19.4 Å². The van der Waals surface area contributed by atoms with Crippen molar-refractivity contribution >= 4 is 16.8 Å². The van der Waals surface area contributed by atoms with Gasteiger partial charge in [-0.25, -0.2) is 0 Å². The molecule has 0 spiro atoms. The molecular formula is C20H21NO5. The number of carbonyl (C=O) groups excluding carboxylic acids is 1. The van der Waals surface area contributed by atoms with E-state index in [4.69, 9.17) is 18.6 Å². The summed E-state index contributed by atoms with van der Waals surface area (Å²) in [6.45, 7) is 0.962. The van der Waals surface area contributed by atoms with Crippen LogP contribution in [0, 0.1) is 0 Å².